The average Bonchev–Trinajstić information content (AvgIpc) is 3.33. The third kappa shape index (κ3) is 3.70. The van der Waals surface area contributed by atoms with Gasteiger partial charge in [0.05, 0.1) is 28.3 Å². The van der Waals surface area contributed by atoms with Crippen LogP contribution in [0.1, 0.15) is 28.8 Å². The molecule has 1 aliphatic heterocycles. The summed E-state index contributed by atoms with van der Waals surface area (Å²) in [6.07, 6.45) is 3.45. The van der Waals surface area contributed by atoms with Gasteiger partial charge in [0.1, 0.15) is 5.75 Å². The van der Waals surface area contributed by atoms with Crippen molar-refractivity contribution < 1.29 is 14.6 Å². The molecule has 2 aromatic carbocycles. The lowest BCUT2D eigenvalue weighted by Crippen LogP contribution is -2.22. The first-order chi connectivity index (χ1) is 15.5. The molecule has 1 atom stereocenters. The number of carbonyl (C=O) groups is 1. The van der Waals surface area contributed by atoms with Crippen LogP contribution in [0, 0.1) is 0 Å². The van der Waals surface area contributed by atoms with Gasteiger partial charge < -0.3 is 15.2 Å². The number of rotatable bonds is 5. The van der Waals surface area contributed by atoms with Crippen molar-refractivity contribution in [2.45, 2.75) is 18.9 Å². The number of phenols is 1. The molecule has 1 fully saturated rings. The quantitative estimate of drug-likeness (QED) is 0.353. The van der Waals surface area contributed by atoms with E-state index in [0.29, 0.717) is 33.8 Å². The minimum atomic E-state index is -0.452. The first kappa shape index (κ1) is 20.5. The number of halogens is 1. The molecule has 7 nitrogen and oxygen atoms in total. The van der Waals surface area contributed by atoms with Gasteiger partial charge in [0, 0.05) is 29.9 Å². The fourth-order valence-corrected chi connectivity index (χ4v) is 4.15. The van der Waals surface area contributed by atoms with E-state index in [0.717, 1.165) is 19.4 Å². The normalized spacial score (nSPS) is 16.0. The molecular weight excluding hydrogens is 430 g/mol. The summed E-state index contributed by atoms with van der Waals surface area (Å²) in [6, 6.07) is 13.0. The average molecular weight is 450 g/mol. The fourth-order valence-electron chi connectivity index (χ4n) is 3.98. The van der Waals surface area contributed by atoms with Crippen LogP contribution in [0.25, 0.3) is 16.6 Å². The molecule has 32 heavy (non-hydrogen) atoms. The van der Waals surface area contributed by atoms with E-state index in [-0.39, 0.29) is 28.5 Å². The zero-order chi connectivity index (χ0) is 22.2. The molecule has 1 aliphatic rings. The van der Waals surface area contributed by atoms with Crippen LogP contribution in [0.3, 0.4) is 0 Å². The molecule has 1 unspecified atom stereocenters. The maximum absolute atomic E-state index is 13.2. The van der Waals surface area contributed by atoms with Gasteiger partial charge in [-0.2, -0.15) is 0 Å². The number of aromatic nitrogens is 2. The highest BCUT2D eigenvalue weighted by atomic mass is 35.5. The Labute approximate surface area is 188 Å². The summed E-state index contributed by atoms with van der Waals surface area (Å²) in [5.41, 5.74) is 1.53. The third-order valence-electron chi connectivity index (χ3n) is 5.63. The highest BCUT2D eigenvalue weighted by molar-refractivity contribution is 6.31. The molecule has 2 N–H and O–H groups in total. The number of phenolic OH excluding ortho intramolecular Hbond substituents is 1. The van der Waals surface area contributed by atoms with E-state index in [2.05, 4.69) is 10.3 Å². The number of ketones is 1. The van der Waals surface area contributed by atoms with E-state index in [1.807, 2.05) is 6.07 Å². The molecule has 8 heteroatoms. The van der Waals surface area contributed by atoms with Crippen LogP contribution >= 0.6 is 11.6 Å². The topological polar surface area (TPSA) is 92.9 Å². The number of benzene rings is 2. The Morgan fingerprint density at radius 2 is 2.09 bits per heavy atom. The predicted octanol–water partition coefficient (Wildman–Crippen LogP) is 4.03. The van der Waals surface area contributed by atoms with Crippen molar-refractivity contribution in [3.8, 4) is 5.75 Å². The van der Waals surface area contributed by atoms with Crippen LogP contribution in [-0.4, -0.2) is 39.5 Å². The van der Waals surface area contributed by atoms with Gasteiger partial charge in [-0.1, -0.05) is 23.7 Å². The summed E-state index contributed by atoms with van der Waals surface area (Å²) in [4.78, 5) is 31.1. The Hall–Kier alpha value is -3.42. The first-order valence-corrected chi connectivity index (χ1v) is 10.7. The van der Waals surface area contributed by atoms with E-state index in [1.165, 1.54) is 28.8 Å². The zero-order valence-corrected chi connectivity index (χ0v) is 17.8. The molecule has 5 rings (SSSR count). The number of anilines is 1. The Balaban J connectivity index is 1.68. The van der Waals surface area contributed by atoms with Crippen LogP contribution in [0.15, 0.2) is 59.5 Å². The maximum Gasteiger partial charge on any atom is 0.265 e. The molecule has 0 spiro atoms. The molecule has 0 radical (unpaired) electrons. The number of hydrogen-bond acceptors (Lipinski definition) is 6. The minimum absolute atomic E-state index is 0.0542. The minimum Gasteiger partial charge on any atom is -0.507 e. The standard InChI is InChI=1S/C24H20ClN3O4/c25-15-7-8-21(29)18(11-15)22(30)14-10-20(26-12-16-4-3-9-32-16)23-27-19-6-2-1-5-17(19)24(31)28(23)13-14/h1-2,5-8,10-11,13,16,26,29H,3-4,9,12H2. The van der Waals surface area contributed by atoms with Crippen LogP contribution in [0.5, 0.6) is 5.75 Å². The number of pyridine rings is 1. The summed E-state index contributed by atoms with van der Waals surface area (Å²) in [6.45, 7) is 1.25. The Bertz CT molecular complexity index is 1410. The van der Waals surface area contributed by atoms with Crippen molar-refractivity contribution in [2.75, 3.05) is 18.5 Å². The van der Waals surface area contributed by atoms with Crippen molar-refractivity contribution in [1.82, 2.24) is 9.38 Å². The van der Waals surface area contributed by atoms with Crippen LogP contribution < -0.4 is 10.9 Å². The van der Waals surface area contributed by atoms with Crippen LogP contribution in [0.4, 0.5) is 5.69 Å². The number of nitrogens with zero attached hydrogens (tertiary/aromatic N) is 2. The second-order valence-corrected chi connectivity index (χ2v) is 8.21. The largest absolute Gasteiger partial charge is 0.507 e. The third-order valence-corrected chi connectivity index (χ3v) is 5.86. The van der Waals surface area contributed by atoms with Crippen molar-refractivity contribution in [3.05, 3.63) is 81.2 Å². The van der Waals surface area contributed by atoms with Gasteiger partial charge in [-0.3, -0.25) is 14.0 Å². The van der Waals surface area contributed by atoms with Gasteiger partial charge in [0.2, 0.25) is 0 Å². The zero-order valence-electron chi connectivity index (χ0n) is 17.0. The number of para-hydroxylation sites is 1. The molecular formula is C24H20ClN3O4. The molecule has 3 heterocycles. The lowest BCUT2D eigenvalue weighted by atomic mass is 10.0. The van der Waals surface area contributed by atoms with E-state index in [4.69, 9.17) is 16.3 Å². The van der Waals surface area contributed by atoms with Gasteiger partial charge in [0.25, 0.3) is 5.56 Å². The number of aromatic hydroxyl groups is 1. The van der Waals surface area contributed by atoms with Gasteiger partial charge in [-0.05, 0) is 49.2 Å². The summed E-state index contributed by atoms with van der Waals surface area (Å²) < 4.78 is 7.06. The lowest BCUT2D eigenvalue weighted by Gasteiger charge is -2.16. The Morgan fingerprint density at radius 1 is 1.25 bits per heavy atom. The Morgan fingerprint density at radius 3 is 2.91 bits per heavy atom. The molecule has 1 saturated heterocycles. The number of nitrogens with one attached hydrogen (secondary N) is 1. The van der Waals surface area contributed by atoms with E-state index in [1.54, 1.807) is 24.3 Å². The van der Waals surface area contributed by atoms with Crippen molar-refractivity contribution in [3.63, 3.8) is 0 Å². The molecule has 162 valence electrons. The molecule has 4 aromatic rings. The second kappa shape index (κ2) is 8.26. The number of hydrogen-bond donors (Lipinski definition) is 2. The highest BCUT2D eigenvalue weighted by Gasteiger charge is 2.20. The van der Waals surface area contributed by atoms with Gasteiger partial charge in [0.15, 0.2) is 11.4 Å². The monoisotopic (exact) mass is 449 g/mol. The molecule has 2 aromatic heterocycles. The molecule has 0 bridgehead atoms. The first-order valence-electron chi connectivity index (χ1n) is 10.3. The predicted molar refractivity (Wildman–Crippen MR) is 123 cm³/mol. The fraction of sp³-hybridized carbons (Fsp3) is 0.208. The van der Waals surface area contributed by atoms with E-state index < -0.39 is 5.78 Å². The second-order valence-electron chi connectivity index (χ2n) is 7.78. The van der Waals surface area contributed by atoms with Gasteiger partial charge in [-0.15, -0.1) is 0 Å². The summed E-state index contributed by atoms with van der Waals surface area (Å²) in [7, 11) is 0. The van der Waals surface area contributed by atoms with Crippen molar-refractivity contribution >= 4 is 39.6 Å². The maximum atomic E-state index is 13.2. The summed E-state index contributed by atoms with van der Waals surface area (Å²) in [5.74, 6) is -0.635. The van der Waals surface area contributed by atoms with Crippen molar-refractivity contribution in [1.29, 1.82) is 0 Å². The molecule has 0 aliphatic carbocycles. The van der Waals surface area contributed by atoms with Crippen LogP contribution in [0.2, 0.25) is 5.02 Å². The van der Waals surface area contributed by atoms with Crippen LogP contribution in [-0.2, 0) is 4.74 Å². The SMILES string of the molecule is O=C(c1cc(NCC2CCCO2)c2nc3ccccc3c(=O)n2c1)c1cc(Cl)ccc1O. The smallest absolute Gasteiger partial charge is 0.265 e. The Kier molecular flexibility index (Phi) is 5.28. The number of carbonyl (C=O) groups excluding carboxylic acids is 1. The molecule has 0 saturated carbocycles. The highest BCUT2D eigenvalue weighted by Crippen LogP contribution is 2.27. The van der Waals surface area contributed by atoms with E-state index in [9.17, 15) is 14.7 Å². The van der Waals surface area contributed by atoms with Crippen molar-refractivity contribution in [2.24, 2.45) is 0 Å². The van der Waals surface area contributed by atoms with Gasteiger partial charge >= 0.3 is 0 Å². The summed E-state index contributed by atoms with van der Waals surface area (Å²) in [5, 5.41) is 14.3. The number of ether oxygens (including phenoxy) is 1. The summed E-state index contributed by atoms with van der Waals surface area (Å²) >= 11 is 6.03. The van der Waals surface area contributed by atoms with Gasteiger partial charge in [-0.25, -0.2) is 4.98 Å². The number of fused-ring (bicyclic) bond motifs is 2. The van der Waals surface area contributed by atoms with E-state index >= 15 is 0 Å². The lowest BCUT2D eigenvalue weighted by molar-refractivity contribution is 0.103. The molecule has 0 amide bonds.